The average molecular weight is 308 g/mol. The monoisotopic (exact) mass is 308 g/mol. The summed E-state index contributed by atoms with van der Waals surface area (Å²) < 4.78 is 22.8. The van der Waals surface area contributed by atoms with Crippen molar-refractivity contribution in [1.29, 1.82) is 0 Å². The Labute approximate surface area is 130 Å². The van der Waals surface area contributed by atoms with Crippen molar-refractivity contribution in [2.75, 3.05) is 45.4 Å². The smallest absolute Gasteiger partial charge is 0.172 e. The van der Waals surface area contributed by atoms with E-state index in [0.29, 0.717) is 13.2 Å². The molecule has 22 heavy (non-hydrogen) atoms. The van der Waals surface area contributed by atoms with Crippen LogP contribution in [0.25, 0.3) is 0 Å². The second-order valence-corrected chi connectivity index (χ2v) is 5.64. The molecule has 0 bridgehead atoms. The number of methoxy groups -OCH3 is 2. The Balaban J connectivity index is 1.62. The highest BCUT2D eigenvalue weighted by atomic mass is 16.8. The maximum Gasteiger partial charge on any atom is 0.172 e. The number of hydrogen-bond acceptors (Lipinski definition) is 7. The molecular weight excluding hydrogens is 286 g/mol. The molecule has 7 heteroatoms. The van der Waals surface area contributed by atoms with Crippen molar-refractivity contribution < 1.29 is 18.9 Å². The van der Waals surface area contributed by atoms with Crippen LogP contribution in [0.5, 0.6) is 0 Å². The highest BCUT2D eigenvalue weighted by Gasteiger charge is 2.49. The molecule has 0 saturated carbocycles. The molecule has 7 nitrogen and oxygen atoms in total. The topological polar surface area (TPSA) is 65.9 Å². The molecule has 0 aliphatic carbocycles. The predicted octanol–water partition coefficient (Wildman–Crippen LogP) is 0.650. The zero-order valence-electron chi connectivity index (χ0n) is 13.0. The number of ether oxygens (including phenoxy) is 4. The lowest BCUT2D eigenvalue weighted by Gasteiger charge is -2.38. The van der Waals surface area contributed by atoms with Crippen LogP contribution in [0, 0.1) is 6.20 Å². The van der Waals surface area contributed by atoms with Crippen LogP contribution in [0.2, 0.25) is 0 Å². The van der Waals surface area contributed by atoms with Gasteiger partial charge in [-0.25, -0.2) is 0 Å². The number of hydrogen-bond donors (Lipinski definition) is 0. The third-order valence-corrected chi connectivity index (χ3v) is 4.18. The van der Waals surface area contributed by atoms with E-state index in [1.165, 1.54) is 0 Å². The van der Waals surface area contributed by atoms with E-state index in [1.54, 1.807) is 20.3 Å². The van der Waals surface area contributed by atoms with Crippen LogP contribution < -0.4 is 4.90 Å². The Bertz CT molecular complexity index is 449. The summed E-state index contributed by atoms with van der Waals surface area (Å²) in [6, 6.07) is 3.70. The van der Waals surface area contributed by atoms with Gasteiger partial charge >= 0.3 is 0 Å². The summed E-state index contributed by atoms with van der Waals surface area (Å²) in [6.07, 6.45) is 4.10. The highest BCUT2D eigenvalue weighted by molar-refractivity contribution is 5.36. The van der Waals surface area contributed by atoms with E-state index in [-0.39, 0.29) is 12.2 Å². The lowest BCUT2D eigenvalue weighted by Crippen LogP contribution is -2.46. The SMILES string of the molecule is COC[C@H]1OC2(CCN(c3cc[c]nn3)CC2)O[C@@H]1COC. The summed E-state index contributed by atoms with van der Waals surface area (Å²) in [5, 5.41) is 7.91. The first kappa shape index (κ1) is 15.6. The van der Waals surface area contributed by atoms with E-state index in [1.807, 2.05) is 6.07 Å². The minimum Gasteiger partial charge on any atom is -0.382 e. The van der Waals surface area contributed by atoms with Crippen molar-refractivity contribution >= 4 is 5.82 Å². The normalized spacial score (nSPS) is 27.5. The van der Waals surface area contributed by atoms with Gasteiger partial charge in [0.25, 0.3) is 0 Å². The van der Waals surface area contributed by atoms with Crippen molar-refractivity contribution in [3.8, 4) is 0 Å². The van der Waals surface area contributed by atoms with Crippen molar-refractivity contribution in [3.05, 3.63) is 18.3 Å². The summed E-state index contributed by atoms with van der Waals surface area (Å²) in [6.45, 7) is 2.66. The van der Waals surface area contributed by atoms with Crippen molar-refractivity contribution in [2.45, 2.75) is 30.8 Å². The summed E-state index contributed by atoms with van der Waals surface area (Å²) in [4.78, 5) is 2.19. The van der Waals surface area contributed by atoms with Gasteiger partial charge in [-0.05, 0) is 12.1 Å². The number of rotatable bonds is 5. The standard InChI is InChI=1S/C15H22N3O4/c1-19-10-12-13(11-20-2)22-15(21-12)5-8-18(9-6-15)14-4-3-7-16-17-14/h3-4,12-13H,5-6,8-11H2,1-2H3/t12-,13-/m1/s1. The molecule has 3 heterocycles. The number of aromatic nitrogens is 2. The molecule has 1 spiro atoms. The third-order valence-electron chi connectivity index (χ3n) is 4.18. The summed E-state index contributed by atoms with van der Waals surface area (Å²) in [7, 11) is 3.35. The van der Waals surface area contributed by atoms with Gasteiger partial charge in [0.1, 0.15) is 18.4 Å². The number of anilines is 1. The maximum atomic E-state index is 6.18. The fourth-order valence-electron chi connectivity index (χ4n) is 3.08. The molecule has 2 fully saturated rings. The molecule has 2 atom stereocenters. The minimum absolute atomic E-state index is 0.0809. The van der Waals surface area contributed by atoms with Gasteiger partial charge in [0.15, 0.2) is 11.6 Å². The van der Waals surface area contributed by atoms with Gasteiger partial charge in [-0.1, -0.05) is 0 Å². The van der Waals surface area contributed by atoms with Crippen molar-refractivity contribution in [2.24, 2.45) is 0 Å². The molecule has 0 amide bonds. The van der Waals surface area contributed by atoms with Crippen molar-refractivity contribution in [1.82, 2.24) is 10.2 Å². The lowest BCUT2D eigenvalue weighted by atomic mass is 10.0. The second kappa shape index (κ2) is 6.87. The molecule has 1 aromatic heterocycles. The Morgan fingerprint density at radius 2 is 1.86 bits per heavy atom. The van der Waals surface area contributed by atoms with Crippen LogP contribution in [0.3, 0.4) is 0 Å². The lowest BCUT2D eigenvalue weighted by molar-refractivity contribution is -0.192. The Morgan fingerprint density at radius 1 is 1.23 bits per heavy atom. The Hall–Kier alpha value is -1.28. The van der Waals surface area contributed by atoms with Crippen LogP contribution in [0.4, 0.5) is 5.82 Å². The number of piperidine rings is 1. The maximum absolute atomic E-state index is 6.18. The molecule has 2 aliphatic heterocycles. The molecule has 0 N–H and O–H groups in total. The van der Waals surface area contributed by atoms with Gasteiger partial charge in [-0.2, -0.15) is 0 Å². The molecule has 0 unspecified atom stereocenters. The number of nitrogens with zero attached hydrogens (tertiary/aromatic N) is 3. The van der Waals surface area contributed by atoms with E-state index in [0.717, 1.165) is 31.7 Å². The molecule has 2 saturated heterocycles. The molecular formula is C15H22N3O4. The average Bonchev–Trinajstić information content (AvgIpc) is 2.87. The van der Waals surface area contributed by atoms with E-state index < -0.39 is 5.79 Å². The second-order valence-electron chi connectivity index (χ2n) is 5.64. The van der Waals surface area contributed by atoms with Crippen LogP contribution >= 0.6 is 0 Å². The molecule has 2 aliphatic rings. The molecule has 1 radical (unpaired) electrons. The minimum atomic E-state index is -0.531. The van der Waals surface area contributed by atoms with E-state index >= 15 is 0 Å². The van der Waals surface area contributed by atoms with Crippen LogP contribution in [0.1, 0.15) is 12.8 Å². The Kier molecular flexibility index (Phi) is 4.87. The van der Waals surface area contributed by atoms with Gasteiger partial charge in [-0.15, -0.1) is 10.2 Å². The van der Waals surface area contributed by atoms with Gasteiger partial charge in [0.05, 0.1) is 13.2 Å². The van der Waals surface area contributed by atoms with Crippen LogP contribution in [-0.2, 0) is 18.9 Å². The zero-order chi connectivity index (χ0) is 15.4. The van der Waals surface area contributed by atoms with Gasteiger partial charge in [-0.3, -0.25) is 0 Å². The van der Waals surface area contributed by atoms with Gasteiger partial charge < -0.3 is 23.8 Å². The van der Waals surface area contributed by atoms with Gasteiger partial charge in [0, 0.05) is 40.2 Å². The summed E-state index contributed by atoms with van der Waals surface area (Å²) in [5.41, 5.74) is 0. The quantitative estimate of drug-likeness (QED) is 0.791. The van der Waals surface area contributed by atoms with E-state index in [2.05, 4.69) is 21.3 Å². The van der Waals surface area contributed by atoms with E-state index in [9.17, 15) is 0 Å². The molecule has 0 aromatic carbocycles. The fraction of sp³-hybridized carbons (Fsp3) is 0.733. The van der Waals surface area contributed by atoms with Crippen molar-refractivity contribution in [3.63, 3.8) is 0 Å². The third kappa shape index (κ3) is 3.22. The Morgan fingerprint density at radius 3 is 2.36 bits per heavy atom. The van der Waals surface area contributed by atoms with Crippen LogP contribution in [-0.4, -0.2) is 68.7 Å². The molecule has 1 aromatic rings. The predicted molar refractivity (Wildman–Crippen MR) is 78.5 cm³/mol. The zero-order valence-corrected chi connectivity index (χ0v) is 13.0. The van der Waals surface area contributed by atoms with Crippen LogP contribution in [0.15, 0.2) is 12.1 Å². The summed E-state index contributed by atoms with van der Waals surface area (Å²) >= 11 is 0. The fourth-order valence-corrected chi connectivity index (χ4v) is 3.08. The molecule has 3 rings (SSSR count). The first-order valence-electron chi connectivity index (χ1n) is 7.54. The first-order chi connectivity index (χ1) is 10.8. The largest absolute Gasteiger partial charge is 0.382 e. The highest BCUT2D eigenvalue weighted by Crippen LogP contribution is 2.38. The van der Waals surface area contributed by atoms with E-state index in [4.69, 9.17) is 18.9 Å². The molecule has 121 valence electrons. The summed E-state index contributed by atoms with van der Waals surface area (Å²) in [5.74, 6) is 0.338. The first-order valence-corrected chi connectivity index (χ1v) is 7.54. The van der Waals surface area contributed by atoms with Gasteiger partial charge in [0.2, 0.25) is 0 Å².